The highest BCUT2D eigenvalue weighted by Crippen LogP contribution is 2.38. The van der Waals surface area contributed by atoms with Gasteiger partial charge in [0, 0.05) is 6.42 Å². The van der Waals surface area contributed by atoms with Gasteiger partial charge in [-0.1, -0.05) is 11.6 Å². The van der Waals surface area contributed by atoms with Gasteiger partial charge in [-0.25, -0.2) is 0 Å². The molecule has 110 valence electrons. The number of rotatable bonds is 3. The van der Waals surface area contributed by atoms with Crippen LogP contribution in [0.3, 0.4) is 0 Å². The molecule has 8 heteroatoms. The molecule has 0 atom stereocenters. The summed E-state index contributed by atoms with van der Waals surface area (Å²) in [4.78, 5) is 13.8. The Morgan fingerprint density at radius 2 is 2.19 bits per heavy atom. The molecule has 0 amide bonds. The third-order valence-corrected chi connectivity index (χ3v) is 3.31. The van der Waals surface area contributed by atoms with Crippen LogP contribution in [0.5, 0.6) is 11.5 Å². The number of halogens is 1. The zero-order chi connectivity index (χ0) is 14.8. The van der Waals surface area contributed by atoms with Crippen molar-refractivity contribution in [1.82, 2.24) is 9.55 Å². The maximum absolute atomic E-state index is 10.6. The van der Waals surface area contributed by atoms with Crippen molar-refractivity contribution in [2.24, 2.45) is 0 Å². The van der Waals surface area contributed by atoms with Gasteiger partial charge in [-0.2, -0.15) is 0 Å². The Hall–Kier alpha value is -2.28. The van der Waals surface area contributed by atoms with Crippen LogP contribution >= 0.6 is 11.6 Å². The van der Waals surface area contributed by atoms with Gasteiger partial charge in [-0.05, 0) is 27.6 Å². The molecular formula is C13H12ClN3O4. The Bertz CT molecular complexity index is 686. The van der Waals surface area contributed by atoms with Gasteiger partial charge in [-0.3, -0.25) is 0 Å². The molecule has 0 unspecified atom stereocenters. The summed E-state index contributed by atoms with van der Waals surface area (Å²) in [5.74, 6) is 0.967. The topological polar surface area (TPSA) is 79.4 Å². The zero-order valence-electron chi connectivity index (χ0n) is 11.0. The molecule has 1 aliphatic rings. The average Bonchev–Trinajstić information content (AvgIpc) is 2.76. The summed E-state index contributed by atoms with van der Waals surface area (Å²) in [5, 5.41) is 11.1. The molecule has 1 aromatic heterocycles. The van der Waals surface area contributed by atoms with E-state index in [9.17, 15) is 10.1 Å². The monoisotopic (exact) mass is 309 g/mol. The lowest BCUT2D eigenvalue weighted by Gasteiger charge is -2.11. The van der Waals surface area contributed by atoms with E-state index in [-0.39, 0.29) is 5.82 Å². The Morgan fingerprint density at radius 3 is 2.95 bits per heavy atom. The number of nitrogens with zero attached hydrogens (tertiary/aromatic N) is 3. The summed E-state index contributed by atoms with van der Waals surface area (Å²) >= 11 is 6.20. The number of hydrogen-bond donors (Lipinski definition) is 0. The molecular weight excluding hydrogens is 298 g/mol. The molecule has 1 aliphatic heterocycles. The van der Waals surface area contributed by atoms with E-state index in [2.05, 4.69) is 4.98 Å². The second kappa shape index (κ2) is 5.61. The summed E-state index contributed by atoms with van der Waals surface area (Å²) in [5.41, 5.74) is 0.858. The van der Waals surface area contributed by atoms with Crippen LogP contribution < -0.4 is 9.47 Å². The minimum absolute atomic E-state index is 0.185. The number of hydrogen-bond acceptors (Lipinski definition) is 5. The Balaban J connectivity index is 1.86. The Morgan fingerprint density at radius 1 is 1.38 bits per heavy atom. The SMILES string of the molecule is O=[N+]([O-])c1cn(Cc2cc(Cl)c3c(c2)OCCCO3)cn1. The van der Waals surface area contributed by atoms with Gasteiger partial charge in [0.25, 0.3) is 0 Å². The van der Waals surface area contributed by atoms with Crippen LogP contribution in [0, 0.1) is 10.1 Å². The summed E-state index contributed by atoms with van der Waals surface area (Å²) < 4.78 is 12.8. The lowest BCUT2D eigenvalue weighted by atomic mass is 10.2. The first kappa shape index (κ1) is 13.7. The maximum atomic E-state index is 10.6. The number of nitro groups is 1. The first-order valence-corrected chi connectivity index (χ1v) is 6.75. The molecule has 2 aromatic rings. The number of benzene rings is 1. The Labute approximate surface area is 125 Å². The molecule has 0 spiro atoms. The van der Waals surface area contributed by atoms with Crippen LogP contribution in [0.4, 0.5) is 5.82 Å². The van der Waals surface area contributed by atoms with Gasteiger partial charge in [-0.15, -0.1) is 0 Å². The molecule has 0 aliphatic carbocycles. The van der Waals surface area contributed by atoms with Crippen molar-refractivity contribution in [1.29, 1.82) is 0 Å². The third-order valence-electron chi connectivity index (χ3n) is 3.03. The molecule has 0 bridgehead atoms. The first-order valence-electron chi connectivity index (χ1n) is 6.37. The summed E-state index contributed by atoms with van der Waals surface area (Å²) in [6.45, 7) is 1.56. The lowest BCUT2D eigenvalue weighted by molar-refractivity contribution is -0.389. The minimum atomic E-state index is -0.530. The molecule has 21 heavy (non-hydrogen) atoms. The van der Waals surface area contributed by atoms with Crippen molar-refractivity contribution in [3.05, 3.63) is 45.4 Å². The minimum Gasteiger partial charge on any atom is -0.489 e. The molecule has 0 fully saturated rings. The number of ether oxygens (including phenoxy) is 2. The number of imidazole rings is 1. The van der Waals surface area contributed by atoms with Gasteiger partial charge < -0.3 is 24.2 Å². The van der Waals surface area contributed by atoms with Gasteiger partial charge in [0.2, 0.25) is 6.33 Å². The predicted molar refractivity (Wildman–Crippen MR) is 75.0 cm³/mol. The van der Waals surface area contributed by atoms with Crippen LogP contribution in [0.25, 0.3) is 0 Å². The van der Waals surface area contributed by atoms with Crippen molar-refractivity contribution in [3.8, 4) is 11.5 Å². The van der Waals surface area contributed by atoms with Crippen molar-refractivity contribution in [3.63, 3.8) is 0 Å². The molecule has 3 rings (SSSR count). The van der Waals surface area contributed by atoms with E-state index in [4.69, 9.17) is 21.1 Å². The molecule has 1 aromatic carbocycles. The maximum Gasteiger partial charge on any atom is 0.381 e. The van der Waals surface area contributed by atoms with Gasteiger partial charge in [0.1, 0.15) is 6.20 Å². The van der Waals surface area contributed by atoms with Crippen LogP contribution in [0.1, 0.15) is 12.0 Å². The van der Waals surface area contributed by atoms with Crippen molar-refractivity contribution >= 4 is 17.4 Å². The van der Waals surface area contributed by atoms with E-state index in [0.29, 0.717) is 36.3 Å². The summed E-state index contributed by atoms with van der Waals surface area (Å²) in [6.07, 6.45) is 3.58. The summed E-state index contributed by atoms with van der Waals surface area (Å²) in [6, 6.07) is 3.60. The van der Waals surface area contributed by atoms with Gasteiger partial charge in [0.05, 0.1) is 24.8 Å². The van der Waals surface area contributed by atoms with Gasteiger partial charge in [0.15, 0.2) is 11.5 Å². The van der Waals surface area contributed by atoms with Crippen molar-refractivity contribution in [2.45, 2.75) is 13.0 Å². The zero-order valence-corrected chi connectivity index (χ0v) is 11.7. The largest absolute Gasteiger partial charge is 0.489 e. The fraction of sp³-hybridized carbons (Fsp3) is 0.308. The molecule has 7 nitrogen and oxygen atoms in total. The van der Waals surface area contributed by atoms with E-state index in [1.807, 2.05) is 6.07 Å². The molecule has 0 saturated carbocycles. The van der Waals surface area contributed by atoms with E-state index >= 15 is 0 Å². The Kier molecular flexibility index (Phi) is 3.66. The highest BCUT2D eigenvalue weighted by Gasteiger charge is 2.16. The van der Waals surface area contributed by atoms with E-state index in [0.717, 1.165) is 12.0 Å². The van der Waals surface area contributed by atoms with Crippen LogP contribution in [-0.2, 0) is 6.54 Å². The molecule has 2 heterocycles. The number of fused-ring (bicyclic) bond motifs is 1. The number of aromatic nitrogens is 2. The smallest absolute Gasteiger partial charge is 0.381 e. The van der Waals surface area contributed by atoms with E-state index in [1.54, 1.807) is 10.6 Å². The average molecular weight is 310 g/mol. The van der Waals surface area contributed by atoms with E-state index in [1.165, 1.54) is 12.5 Å². The fourth-order valence-electron chi connectivity index (χ4n) is 2.12. The normalized spacial score (nSPS) is 13.8. The van der Waals surface area contributed by atoms with Crippen molar-refractivity contribution < 1.29 is 14.4 Å². The quantitative estimate of drug-likeness (QED) is 0.643. The second-order valence-electron chi connectivity index (χ2n) is 4.62. The fourth-order valence-corrected chi connectivity index (χ4v) is 2.40. The van der Waals surface area contributed by atoms with Crippen LogP contribution in [0.2, 0.25) is 5.02 Å². The van der Waals surface area contributed by atoms with Crippen LogP contribution in [-0.4, -0.2) is 27.7 Å². The standard InChI is InChI=1S/C13H12ClN3O4/c14-10-4-9(5-11-13(10)21-3-1-2-20-11)6-16-7-12(15-8-16)17(18)19/h4-5,7-8H,1-3,6H2. The lowest BCUT2D eigenvalue weighted by Crippen LogP contribution is -1.99. The summed E-state index contributed by atoms with van der Waals surface area (Å²) in [7, 11) is 0. The molecule has 0 radical (unpaired) electrons. The van der Waals surface area contributed by atoms with Crippen LogP contribution in [0.15, 0.2) is 24.7 Å². The second-order valence-corrected chi connectivity index (χ2v) is 5.02. The molecule has 0 N–H and O–H groups in total. The van der Waals surface area contributed by atoms with Crippen molar-refractivity contribution in [2.75, 3.05) is 13.2 Å². The van der Waals surface area contributed by atoms with E-state index < -0.39 is 4.92 Å². The molecule has 0 saturated heterocycles. The third kappa shape index (κ3) is 2.92. The highest BCUT2D eigenvalue weighted by molar-refractivity contribution is 6.32. The first-order chi connectivity index (χ1) is 10.1. The highest BCUT2D eigenvalue weighted by atomic mass is 35.5. The van der Waals surface area contributed by atoms with Gasteiger partial charge >= 0.3 is 5.82 Å². The predicted octanol–water partition coefficient (Wildman–Crippen LogP) is 2.65.